The van der Waals surface area contributed by atoms with Crippen LogP contribution < -0.4 is 15.5 Å². The molecule has 0 saturated carbocycles. The van der Waals surface area contributed by atoms with E-state index in [4.69, 9.17) is 0 Å². The van der Waals surface area contributed by atoms with Crippen molar-refractivity contribution in [3.63, 3.8) is 0 Å². The van der Waals surface area contributed by atoms with Gasteiger partial charge >= 0.3 is 0 Å². The van der Waals surface area contributed by atoms with Gasteiger partial charge in [0.05, 0.1) is 6.54 Å². The molecule has 1 saturated heterocycles. The van der Waals surface area contributed by atoms with Crippen molar-refractivity contribution in [1.82, 2.24) is 20.5 Å². The second kappa shape index (κ2) is 9.50. The number of nitrogens with one attached hydrogen (secondary N) is 2. The van der Waals surface area contributed by atoms with E-state index in [1.165, 1.54) is 15.8 Å². The topological polar surface area (TPSA) is 72.9 Å². The number of nitrogens with zero attached hydrogens (tertiary/aromatic N) is 4. The molecule has 2 aromatic rings. The molecule has 1 aliphatic heterocycles. The van der Waals surface area contributed by atoms with E-state index in [9.17, 15) is 9.18 Å². The van der Waals surface area contributed by atoms with E-state index in [-0.39, 0.29) is 24.3 Å². The zero-order valence-electron chi connectivity index (χ0n) is 16.1. The molecule has 28 heavy (non-hydrogen) atoms. The summed E-state index contributed by atoms with van der Waals surface area (Å²) in [5.41, 5.74) is 0. The van der Waals surface area contributed by atoms with Crippen LogP contribution in [0.5, 0.6) is 0 Å². The molecule has 3 rings (SSSR count). The Morgan fingerprint density at radius 2 is 2.29 bits per heavy atom. The highest BCUT2D eigenvalue weighted by atomic mass is 32.1. The molecule has 0 spiro atoms. The maximum Gasteiger partial charge on any atom is 0.243 e. The fraction of sp³-hybridized carbons (Fsp3) is 0.421. The number of anilines is 1. The molecule has 0 aromatic carbocycles. The first-order valence-corrected chi connectivity index (χ1v) is 10.0. The maximum atomic E-state index is 14.0. The lowest BCUT2D eigenvalue weighted by Gasteiger charge is -2.20. The maximum absolute atomic E-state index is 14.0. The third-order valence-electron chi connectivity index (χ3n) is 4.45. The van der Waals surface area contributed by atoms with E-state index in [0.29, 0.717) is 31.4 Å². The monoisotopic (exact) mass is 404 g/mol. The average Bonchev–Trinajstić information content (AvgIpc) is 3.36. The summed E-state index contributed by atoms with van der Waals surface area (Å²) in [6.45, 7) is 2.03. The number of likely N-dealkylation sites (N-methyl/N-ethyl adjacent to an activating group) is 1. The summed E-state index contributed by atoms with van der Waals surface area (Å²) in [4.78, 5) is 25.1. The number of carbonyl (C=O) groups excluding carboxylic acids is 1. The molecule has 3 heterocycles. The molecule has 1 aliphatic rings. The lowest BCUT2D eigenvalue weighted by Crippen LogP contribution is -2.45. The van der Waals surface area contributed by atoms with Crippen molar-refractivity contribution < 1.29 is 9.18 Å². The number of amides is 1. The molecular weight excluding hydrogens is 379 g/mol. The zero-order valence-corrected chi connectivity index (χ0v) is 16.9. The van der Waals surface area contributed by atoms with Crippen molar-refractivity contribution in [2.75, 3.05) is 38.6 Å². The van der Waals surface area contributed by atoms with E-state index in [1.807, 2.05) is 22.4 Å². The molecule has 1 fully saturated rings. The van der Waals surface area contributed by atoms with Gasteiger partial charge in [-0.25, -0.2) is 14.4 Å². The fourth-order valence-corrected chi connectivity index (χ4v) is 3.54. The van der Waals surface area contributed by atoms with E-state index >= 15 is 0 Å². The second-order valence-electron chi connectivity index (χ2n) is 6.77. The van der Waals surface area contributed by atoms with Crippen molar-refractivity contribution in [2.45, 2.75) is 19.0 Å². The fourth-order valence-electron chi connectivity index (χ4n) is 2.90. The van der Waals surface area contributed by atoms with Crippen LogP contribution in [0, 0.1) is 5.82 Å². The first-order chi connectivity index (χ1) is 13.5. The smallest absolute Gasteiger partial charge is 0.243 e. The molecule has 9 heteroatoms. The molecule has 150 valence electrons. The van der Waals surface area contributed by atoms with Gasteiger partial charge in [0.25, 0.3) is 0 Å². The van der Waals surface area contributed by atoms with Crippen molar-refractivity contribution in [3.05, 3.63) is 46.5 Å². The number of pyridine rings is 1. The van der Waals surface area contributed by atoms with Gasteiger partial charge in [0.2, 0.25) is 5.91 Å². The average molecular weight is 405 g/mol. The van der Waals surface area contributed by atoms with Crippen molar-refractivity contribution in [2.24, 2.45) is 4.99 Å². The number of hydrogen-bond acceptors (Lipinski definition) is 5. The lowest BCUT2D eigenvalue weighted by molar-refractivity contribution is -0.127. The largest absolute Gasteiger partial charge is 0.352 e. The first-order valence-electron chi connectivity index (χ1n) is 9.16. The summed E-state index contributed by atoms with van der Waals surface area (Å²) >= 11 is 1.66. The van der Waals surface area contributed by atoms with E-state index in [2.05, 4.69) is 20.6 Å². The number of halogens is 1. The van der Waals surface area contributed by atoms with Crippen LogP contribution in [0.25, 0.3) is 0 Å². The van der Waals surface area contributed by atoms with Gasteiger partial charge in [-0.15, -0.1) is 11.3 Å². The summed E-state index contributed by atoms with van der Waals surface area (Å²) in [7, 11) is 3.42. The molecule has 0 bridgehead atoms. The zero-order chi connectivity index (χ0) is 19.9. The number of guanidine groups is 1. The van der Waals surface area contributed by atoms with Crippen LogP contribution in [0.1, 0.15) is 11.3 Å². The number of aromatic nitrogens is 1. The van der Waals surface area contributed by atoms with Crippen LogP contribution in [-0.2, 0) is 11.3 Å². The number of aliphatic imine (C=N–C) groups is 1. The number of hydrogen-bond donors (Lipinski definition) is 2. The Bertz CT molecular complexity index is 811. The Labute approximate surface area is 168 Å². The summed E-state index contributed by atoms with van der Waals surface area (Å²) in [6.07, 6.45) is 2.43. The summed E-state index contributed by atoms with van der Waals surface area (Å²) in [6, 6.07) is 7.14. The molecule has 7 nitrogen and oxygen atoms in total. The molecule has 2 N–H and O–H groups in total. The molecule has 1 atom stereocenters. The number of rotatable bonds is 6. The van der Waals surface area contributed by atoms with Crippen LogP contribution in [0.2, 0.25) is 0 Å². The van der Waals surface area contributed by atoms with Gasteiger partial charge in [-0.3, -0.25) is 4.79 Å². The van der Waals surface area contributed by atoms with Gasteiger partial charge < -0.3 is 20.4 Å². The predicted molar refractivity (Wildman–Crippen MR) is 110 cm³/mol. The standard InChI is InChI=1S/C19H25FN6OS/c1-25(2)17(27)12-23-19(22-11-15-5-4-10-28-15)24-14-7-9-26(13-14)18-16(20)6-3-8-21-18/h3-6,8,10,14H,7,9,11-13H2,1-2H3,(H2,22,23,24). The minimum absolute atomic E-state index is 0.0675. The van der Waals surface area contributed by atoms with E-state index in [0.717, 1.165) is 6.42 Å². The Kier molecular flexibility index (Phi) is 6.80. The van der Waals surface area contributed by atoms with Crippen LogP contribution >= 0.6 is 11.3 Å². The third kappa shape index (κ3) is 5.41. The quantitative estimate of drug-likeness (QED) is 0.566. The van der Waals surface area contributed by atoms with Gasteiger partial charge in [0, 0.05) is 44.3 Å². The summed E-state index contributed by atoms with van der Waals surface area (Å²) in [5, 5.41) is 8.67. The van der Waals surface area contributed by atoms with Crippen molar-refractivity contribution >= 4 is 29.0 Å². The van der Waals surface area contributed by atoms with Crippen molar-refractivity contribution in [3.8, 4) is 0 Å². The SMILES string of the molecule is CN(C)C(=O)CN=C(NCc1cccs1)NC1CCN(c2ncccc2F)C1. The predicted octanol–water partition coefficient (Wildman–Crippen LogP) is 1.68. The molecular formula is C19H25FN6OS. The van der Waals surface area contributed by atoms with Gasteiger partial charge in [-0.1, -0.05) is 6.07 Å². The molecule has 1 unspecified atom stereocenters. The number of carbonyl (C=O) groups is 1. The molecule has 0 aliphatic carbocycles. The summed E-state index contributed by atoms with van der Waals surface area (Å²) < 4.78 is 14.0. The molecule has 0 radical (unpaired) electrons. The van der Waals surface area contributed by atoms with Crippen LogP contribution in [-0.4, -0.2) is 61.5 Å². The lowest BCUT2D eigenvalue weighted by atomic mass is 10.3. The Morgan fingerprint density at radius 3 is 3.00 bits per heavy atom. The highest BCUT2D eigenvalue weighted by Gasteiger charge is 2.26. The van der Waals surface area contributed by atoms with E-state index < -0.39 is 0 Å². The van der Waals surface area contributed by atoms with Crippen LogP contribution in [0.15, 0.2) is 40.8 Å². The van der Waals surface area contributed by atoms with Crippen LogP contribution in [0.3, 0.4) is 0 Å². The van der Waals surface area contributed by atoms with Gasteiger partial charge in [0.1, 0.15) is 6.54 Å². The second-order valence-corrected chi connectivity index (χ2v) is 7.80. The highest BCUT2D eigenvalue weighted by Crippen LogP contribution is 2.20. The van der Waals surface area contributed by atoms with Gasteiger partial charge in [0.15, 0.2) is 17.6 Å². The van der Waals surface area contributed by atoms with Crippen LogP contribution in [0.4, 0.5) is 10.2 Å². The molecule has 2 aromatic heterocycles. The molecule has 1 amide bonds. The van der Waals surface area contributed by atoms with Gasteiger partial charge in [-0.2, -0.15) is 0 Å². The minimum atomic E-state index is -0.315. The third-order valence-corrected chi connectivity index (χ3v) is 5.33. The summed E-state index contributed by atoms with van der Waals surface area (Å²) in [5.74, 6) is 0.571. The number of thiophene rings is 1. The minimum Gasteiger partial charge on any atom is -0.352 e. The highest BCUT2D eigenvalue weighted by molar-refractivity contribution is 7.09. The Hall–Kier alpha value is -2.68. The normalized spacial score (nSPS) is 16.9. The first kappa shape index (κ1) is 20.1. The van der Waals surface area contributed by atoms with Gasteiger partial charge in [-0.05, 0) is 30.0 Å². The van der Waals surface area contributed by atoms with Crippen molar-refractivity contribution in [1.29, 1.82) is 0 Å². The Balaban J connectivity index is 1.62. The Morgan fingerprint density at radius 1 is 1.43 bits per heavy atom. The van der Waals surface area contributed by atoms with E-state index in [1.54, 1.807) is 37.7 Å².